The van der Waals surface area contributed by atoms with Crippen LogP contribution in [-0.4, -0.2) is 35.1 Å². The van der Waals surface area contributed by atoms with Gasteiger partial charge in [-0.1, -0.05) is 18.2 Å². The lowest BCUT2D eigenvalue weighted by Crippen LogP contribution is -2.32. The number of para-hydroxylation sites is 1. The standard InChI is InChI=1S/C18H19N3O2/c1-11-17-14(13-6-2-3-7-15(13)21-17)9-16(20-11)18(22)19-10-12-5-4-8-23-12/h2-3,6-7,9,12,21H,4-5,8,10H2,1H3,(H,19,22)/t12-/m1/s1. The van der Waals surface area contributed by atoms with Crippen molar-refractivity contribution >= 4 is 27.7 Å². The number of hydrogen-bond donors (Lipinski definition) is 2. The third-order valence-electron chi connectivity index (χ3n) is 4.42. The number of carbonyl (C=O) groups excluding carboxylic acids is 1. The van der Waals surface area contributed by atoms with Crippen molar-refractivity contribution in [2.24, 2.45) is 0 Å². The van der Waals surface area contributed by atoms with Crippen molar-refractivity contribution in [3.8, 4) is 0 Å². The third kappa shape index (κ3) is 2.57. The number of aromatic nitrogens is 2. The molecule has 1 aliphatic rings. The van der Waals surface area contributed by atoms with Gasteiger partial charge in [0.15, 0.2) is 0 Å². The minimum atomic E-state index is -0.143. The largest absolute Gasteiger partial charge is 0.376 e. The van der Waals surface area contributed by atoms with E-state index in [0.29, 0.717) is 12.2 Å². The Labute approximate surface area is 134 Å². The maximum Gasteiger partial charge on any atom is 0.270 e. The van der Waals surface area contributed by atoms with Gasteiger partial charge < -0.3 is 15.0 Å². The normalized spacial score (nSPS) is 17.9. The highest BCUT2D eigenvalue weighted by molar-refractivity contribution is 6.10. The molecule has 5 nitrogen and oxygen atoms in total. The van der Waals surface area contributed by atoms with E-state index in [1.165, 1.54) is 0 Å². The van der Waals surface area contributed by atoms with Crippen molar-refractivity contribution in [3.05, 3.63) is 41.7 Å². The van der Waals surface area contributed by atoms with Crippen LogP contribution in [0.2, 0.25) is 0 Å². The molecule has 0 bridgehead atoms. The molecule has 1 atom stereocenters. The quantitative estimate of drug-likeness (QED) is 0.781. The first kappa shape index (κ1) is 14.2. The van der Waals surface area contributed by atoms with Crippen molar-refractivity contribution in [2.75, 3.05) is 13.2 Å². The number of ether oxygens (including phenoxy) is 1. The van der Waals surface area contributed by atoms with E-state index >= 15 is 0 Å². The topological polar surface area (TPSA) is 67.0 Å². The van der Waals surface area contributed by atoms with Crippen LogP contribution in [0, 0.1) is 6.92 Å². The highest BCUT2D eigenvalue weighted by Crippen LogP contribution is 2.27. The van der Waals surface area contributed by atoms with E-state index in [4.69, 9.17) is 4.74 Å². The van der Waals surface area contributed by atoms with Crippen molar-refractivity contribution in [3.63, 3.8) is 0 Å². The maximum atomic E-state index is 12.4. The summed E-state index contributed by atoms with van der Waals surface area (Å²) in [7, 11) is 0. The van der Waals surface area contributed by atoms with E-state index in [9.17, 15) is 4.79 Å². The molecule has 4 rings (SSSR count). The Bertz CT molecular complexity index is 878. The van der Waals surface area contributed by atoms with E-state index in [1.54, 1.807) is 0 Å². The number of carbonyl (C=O) groups is 1. The molecule has 0 spiro atoms. The number of fused-ring (bicyclic) bond motifs is 3. The van der Waals surface area contributed by atoms with Gasteiger partial charge >= 0.3 is 0 Å². The summed E-state index contributed by atoms with van der Waals surface area (Å²) < 4.78 is 5.54. The number of nitrogens with zero attached hydrogens (tertiary/aromatic N) is 1. The molecule has 0 radical (unpaired) electrons. The SMILES string of the molecule is Cc1nc(C(=O)NC[C@H]2CCCO2)cc2c1[nH]c1ccccc12. The van der Waals surface area contributed by atoms with E-state index in [0.717, 1.165) is 46.9 Å². The van der Waals surface area contributed by atoms with Crippen molar-refractivity contribution in [1.29, 1.82) is 0 Å². The van der Waals surface area contributed by atoms with Gasteiger partial charge in [-0.15, -0.1) is 0 Å². The summed E-state index contributed by atoms with van der Waals surface area (Å²) >= 11 is 0. The summed E-state index contributed by atoms with van der Waals surface area (Å²) in [5.41, 5.74) is 3.34. The molecule has 1 saturated heterocycles. The number of nitrogens with one attached hydrogen (secondary N) is 2. The highest BCUT2D eigenvalue weighted by Gasteiger charge is 2.18. The van der Waals surface area contributed by atoms with Gasteiger partial charge in [0.2, 0.25) is 0 Å². The zero-order valence-electron chi connectivity index (χ0n) is 13.1. The minimum absolute atomic E-state index is 0.136. The molecule has 1 aromatic carbocycles. The Morgan fingerprint density at radius 1 is 1.39 bits per heavy atom. The lowest BCUT2D eigenvalue weighted by molar-refractivity contribution is 0.0853. The lowest BCUT2D eigenvalue weighted by Gasteiger charge is -2.10. The molecular weight excluding hydrogens is 290 g/mol. The van der Waals surface area contributed by atoms with Crippen molar-refractivity contribution in [1.82, 2.24) is 15.3 Å². The second-order valence-electron chi connectivity index (χ2n) is 6.03. The molecule has 0 aliphatic carbocycles. The average Bonchev–Trinajstić information content (AvgIpc) is 3.20. The molecule has 2 aromatic heterocycles. The van der Waals surface area contributed by atoms with Gasteiger partial charge in [0.05, 0.1) is 17.3 Å². The Balaban J connectivity index is 1.66. The van der Waals surface area contributed by atoms with Crippen LogP contribution in [0.5, 0.6) is 0 Å². The number of H-pyrrole nitrogens is 1. The van der Waals surface area contributed by atoms with Crippen LogP contribution in [0.4, 0.5) is 0 Å². The molecule has 1 amide bonds. The second-order valence-corrected chi connectivity index (χ2v) is 6.03. The van der Waals surface area contributed by atoms with Crippen LogP contribution >= 0.6 is 0 Å². The van der Waals surface area contributed by atoms with Gasteiger partial charge in [-0.05, 0) is 31.9 Å². The maximum absolute atomic E-state index is 12.4. The molecule has 5 heteroatoms. The number of rotatable bonds is 3. The number of benzene rings is 1. The highest BCUT2D eigenvalue weighted by atomic mass is 16.5. The van der Waals surface area contributed by atoms with Crippen LogP contribution in [0.25, 0.3) is 21.8 Å². The summed E-state index contributed by atoms with van der Waals surface area (Å²) in [5.74, 6) is -0.143. The van der Waals surface area contributed by atoms with Gasteiger partial charge in [0.1, 0.15) is 5.69 Å². The Morgan fingerprint density at radius 2 is 2.26 bits per heavy atom. The first-order valence-corrected chi connectivity index (χ1v) is 8.00. The monoisotopic (exact) mass is 309 g/mol. The fourth-order valence-corrected chi connectivity index (χ4v) is 3.22. The van der Waals surface area contributed by atoms with Crippen molar-refractivity contribution in [2.45, 2.75) is 25.9 Å². The fourth-order valence-electron chi connectivity index (χ4n) is 3.22. The molecule has 3 heterocycles. The van der Waals surface area contributed by atoms with Crippen LogP contribution in [-0.2, 0) is 4.74 Å². The molecule has 23 heavy (non-hydrogen) atoms. The average molecular weight is 309 g/mol. The number of aryl methyl sites for hydroxylation is 1. The molecule has 3 aromatic rings. The van der Waals surface area contributed by atoms with Gasteiger partial charge in [-0.2, -0.15) is 0 Å². The zero-order valence-corrected chi connectivity index (χ0v) is 13.1. The van der Waals surface area contributed by atoms with E-state index in [1.807, 2.05) is 31.2 Å². The number of aromatic amines is 1. The fraction of sp³-hybridized carbons (Fsp3) is 0.333. The Morgan fingerprint density at radius 3 is 3.09 bits per heavy atom. The first-order valence-electron chi connectivity index (χ1n) is 8.00. The smallest absolute Gasteiger partial charge is 0.270 e. The van der Waals surface area contributed by atoms with E-state index < -0.39 is 0 Å². The molecule has 1 aliphatic heterocycles. The van der Waals surface area contributed by atoms with E-state index in [2.05, 4.69) is 21.4 Å². The van der Waals surface area contributed by atoms with Crippen LogP contribution in [0.1, 0.15) is 29.0 Å². The predicted octanol–water partition coefficient (Wildman–Crippen LogP) is 2.93. The van der Waals surface area contributed by atoms with Crippen molar-refractivity contribution < 1.29 is 9.53 Å². The Hall–Kier alpha value is -2.40. The van der Waals surface area contributed by atoms with Crippen LogP contribution in [0.3, 0.4) is 0 Å². The lowest BCUT2D eigenvalue weighted by atomic mass is 10.1. The predicted molar refractivity (Wildman–Crippen MR) is 89.6 cm³/mol. The molecule has 0 unspecified atom stereocenters. The van der Waals surface area contributed by atoms with Crippen LogP contribution < -0.4 is 5.32 Å². The molecule has 118 valence electrons. The number of amides is 1. The van der Waals surface area contributed by atoms with Gasteiger partial charge in [-0.3, -0.25) is 4.79 Å². The molecular formula is C18H19N3O2. The third-order valence-corrected chi connectivity index (χ3v) is 4.42. The zero-order chi connectivity index (χ0) is 15.8. The van der Waals surface area contributed by atoms with Gasteiger partial charge in [-0.25, -0.2) is 4.98 Å². The molecule has 2 N–H and O–H groups in total. The summed E-state index contributed by atoms with van der Waals surface area (Å²) in [6, 6.07) is 9.96. The first-order chi connectivity index (χ1) is 11.2. The van der Waals surface area contributed by atoms with Crippen LogP contribution in [0.15, 0.2) is 30.3 Å². The van der Waals surface area contributed by atoms with E-state index in [-0.39, 0.29) is 12.0 Å². The second kappa shape index (κ2) is 5.66. The summed E-state index contributed by atoms with van der Waals surface area (Å²) in [6.45, 7) is 3.26. The summed E-state index contributed by atoms with van der Waals surface area (Å²) in [6.07, 6.45) is 2.21. The number of hydrogen-bond acceptors (Lipinski definition) is 3. The Kier molecular flexibility index (Phi) is 3.50. The number of pyridine rings is 1. The summed E-state index contributed by atoms with van der Waals surface area (Å²) in [5, 5.41) is 5.09. The van der Waals surface area contributed by atoms with Gasteiger partial charge in [0, 0.05) is 29.4 Å². The minimum Gasteiger partial charge on any atom is -0.376 e. The molecule has 1 fully saturated rings. The summed E-state index contributed by atoms with van der Waals surface area (Å²) in [4.78, 5) is 20.2. The van der Waals surface area contributed by atoms with Gasteiger partial charge in [0.25, 0.3) is 5.91 Å². The molecule has 0 saturated carbocycles.